The molecule has 0 aliphatic carbocycles. The van der Waals surface area contributed by atoms with Crippen LogP contribution in [-0.4, -0.2) is 11.6 Å². The maximum absolute atomic E-state index is 10.8. The highest BCUT2D eigenvalue weighted by molar-refractivity contribution is 6.29. The average molecular weight is 175 g/mol. The van der Waals surface area contributed by atoms with Crippen molar-refractivity contribution in [3.8, 4) is 0 Å². The van der Waals surface area contributed by atoms with Crippen LogP contribution in [0.4, 0.5) is 0 Å². The van der Waals surface area contributed by atoms with E-state index in [1.165, 1.54) is 13.8 Å². The van der Waals surface area contributed by atoms with E-state index >= 15 is 0 Å². The summed E-state index contributed by atoms with van der Waals surface area (Å²) in [6.45, 7) is 6.18. The van der Waals surface area contributed by atoms with Gasteiger partial charge in [0.05, 0.1) is 5.92 Å². The first-order chi connectivity index (χ1) is 4.95. The van der Waals surface area contributed by atoms with Crippen LogP contribution in [0.15, 0.2) is 11.6 Å². The lowest BCUT2D eigenvalue weighted by molar-refractivity contribution is -0.130. The van der Waals surface area contributed by atoms with Gasteiger partial charge < -0.3 is 0 Å². The van der Waals surface area contributed by atoms with Crippen LogP contribution in [-0.2, 0) is 9.59 Å². The molecule has 0 saturated heterocycles. The number of Topliss-reactive ketones (excluding diaryl/α,β-unsaturated/α-hetero) is 2. The molecule has 0 aromatic rings. The molecule has 2 nitrogen and oxygen atoms in total. The van der Waals surface area contributed by atoms with E-state index in [4.69, 9.17) is 11.6 Å². The average Bonchev–Trinajstić information content (AvgIpc) is 1.81. The van der Waals surface area contributed by atoms with E-state index in [2.05, 4.69) is 6.58 Å². The molecule has 0 saturated carbocycles. The summed E-state index contributed by atoms with van der Waals surface area (Å²) in [5, 5.41) is 0.348. The van der Waals surface area contributed by atoms with Crippen LogP contribution in [0.3, 0.4) is 0 Å². The highest BCUT2D eigenvalue weighted by Crippen LogP contribution is 2.15. The predicted octanol–water partition coefficient (Wildman–Crippen LogP) is 1.92. The third-order valence-electron chi connectivity index (χ3n) is 1.41. The Morgan fingerprint density at radius 2 is 1.73 bits per heavy atom. The van der Waals surface area contributed by atoms with Crippen LogP contribution in [0.1, 0.15) is 20.3 Å². The van der Waals surface area contributed by atoms with Gasteiger partial charge in [0.1, 0.15) is 11.6 Å². The first kappa shape index (κ1) is 10.4. The van der Waals surface area contributed by atoms with E-state index in [1.807, 2.05) is 0 Å². The first-order valence-electron chi connectivity index (χ1n) is 3.29. The molecule has 0 spiro atoms. The molecule has 0 heterocycles. The molecule has 0 rings (SSSR count). The molecule has 0 aromatic carbocycles. The zero-order chi connectivity index (χ0) is 9.02. The number of ketones is 2. The minimum atomic E-state index is -0.597. The minimum absolute atomic E-state index is 0.153. The van der Waals surface area contributed by atoms with E-state index in [-0.39, 0.29) is 18.0 Å². The van der Waals surface area contributed by atoms with Gasteiger partial charge in [-0.2, -0.15) is 0 Å². The minimum Gasteiger partial charge on any atom is -0.299 e. The Morgan fingerprint density at radius 3 is 1.82 bits per heavy atom. The zero-order valence-corrected chi connectivity index (χ0v) is 7.44. The summed E-state index contributed by atoms with van der Waals surface area (Å²) in [5.41, 5.74) is 0. The number of carbonyl (C=O) groups is 2. The standard InChI is InChI=1S/C8H11ClO2/c1-5(9)4-8(6(2)10)7(3)11/h8H,1,4H2,2-3H3. The number of allylic oxidation sites excluding steroid dienone is 1. The SMILES string of the molecule is C=C(Cl)CC(C(C)=O)C(C)=O. The molecular formula is C8H11ClO2. The third-order valence-corrected chi connectivity index (χ3v) is 1.56. The van der Waals surface area contributed by atoms with Gasteiger partial charge in [-0.25, -0.2) is 0 Å². The van der Waals surface area contributed by atoms with Crippen molar-refractivity contribution in [1.82, 2.24) is 0 Å². The Labute approximate surface area is 71.2 Å². The van der Waals surface area contributed by atoms with Crippen molar-refractivity contribution in [2.45, 2.75) is 20.3 Å². The van der Waals surface area contributed by atoms with Gasteiger partial charge in [-0.3, -0.25) is 9.59 Å². The van der Waals surface area contributed by atoms with Gasteiger partial charge in [0.2, 0.25) is 0 Å². The van der Waals surface area contributed by atoms with Crippen LogP contribution < -0.4 is 0 Å². The Balaban J connectivity index is 4.23. The van der Waals surface area contributed by atoms with Crippen molar-refractivity contribution in [3.63, 3.8) is 0 Å². The van der Waals surface area contributed by atoms with Gasteiger partial charge >= 0.3 is 0 Å². The van der Waals surface area contributed by atoms with Crippen molar-refractivity contribution < 1.29 is 9.59 Å². The van der Waals surface area contributed by atoms with Crippen LogP contribution in [0.2, 0.25) is 0 Å². The quantitative estimate of drug-likeness (QED) is 0.611. The number of hydrogen-bond acceptors (Lipinski definition) is 2. The summed E-state index contributed by atoms with van der Waals surface area (Å²) in [7, 11) is 0. The topological polar surface area (TPSA) is 34.1 Å². The molecule has 0 bridgehead atoms. The fourth-order valence-corrected chi connectivity index (χ4v) is 0.949. The monoisotopic (exact) mass is 174 g/mol. The van der Waals surface area contributed by atoms with Crippen molar-refractivity contribution in [2.75, 3.05) is 0 Å². The molecule has 0 aliphatic heterocycles. The van der Waals surface area contributed by atoms with Crippen LogP contribution >= 0.6 is 11.6 Å². The molecule has 0 fully saturated rings. The normalized spacial score (nSPS) is 9.82. The lowest BCUT2D eigenvalue weighted by atomic mass is 9.97. The van der Waals surface area contributed by atoms with Gasteiger partial charge in [-0.15, -0.1) is 0 Å². The second-order valence-corrected chi connectivity index (χ2v) is 3.03. The van der Waals surface area contributed by atoms with E-state index in [1.54, 1.807) is 0 Å². The Hall–Kier alpha value is -0.630. The van der Waals surface area contributed by atoms with Crippen molar-refractivity contribution in [3.05, 3.63) is 11.6 Å². The summed E-state index contributed by atoms with van der Waals surface area (Å²) < 4.78 is 0. The van der Waals surface area contributed by atoms with Crippen LogP contribution in [0.25, 0.3) is 0 Å². The number of halogens is 1. The third kappa shape index (κ3) is 3.94. The summed E-state index contributed by atoms with van der Waals surface area (Å²) >= 11 is 5.46. The number of hydrogen-bond donors (Lipinski definition) is 0. The van der Waals surface area contributed by atoms with Gasteiger partial charge in [-0.1, -0.05) is 18.2 Å². The largest absolute Gasteiger partial charge is 0.299 e. The molecule has 62 valence electrons. The molecule has 0 radical (unpaired) electrons. The predicted molar refractivity (Wildman–Crippen MR) is 44.5 cm³/mol. The fraction of sp³-hybridized carbons (Fsp3) is 0.500. The zero-order valence-electron chi connectivity index (χ0n) is 6.69. The van der Waals surface area contributed by atoms with Crippen molar-refractivity contribution >= 4 is 23.2 Å². The van der Waals surface area contributed by atoms with Crippen LogP contribution in [0.5, 0.6) is 0 Å². The first-order valence-corrected chi connectivity index (χ1v) is 3.67. The Bertz CT molecular complexity index is 182. The Kier molecular flexibility index (Phi) is 4.04. The smallest absolute Gasteiger partial charge is 0.140 e. The van der Waals surface area contributed by atoms with Gasteiger partial charge in [-0.05, 0) is 20.3 Å². The molecule has 0 N–H and O–H groups in total. The summed E-state index contributed by atoms with van der Waals surface area (Å²) in [6, 6.07) is 0. The van der Waals surface area contributed by atoms with Crippen LogP contribution in [0, 0.1) is 5.92 Å². The second kappa shape index (κ2) is 4.29. The maximum atomic E-state index is 10.8. The summed E-state index contributed by atoms with van der Waals surface area (Å²) in [5.74, 6) is -0.904. The molecule has 0 unspecified atom stereocenters. The lowest BCUT2D eigenvalue weighted by Crippen LogP contribution is -2.19. The van der Waals surface area contributed by atoms with E-state index in [0.29, 0.717) is 5.03 Å². The van der Waals surface area contributed by atoms with E-state index < -0.39 is 5.92 Å². The van der Waals surface area contributed by atoms with Gasteiger partial charge in [0.15, 0.2) is 0 Å². The molecular weight excluding hydrogens is 164 g/mol. The van der Waals surface area contributed by atoms with Gasteiger partial charge in [0.25, 0.3) is 0 Å². The molecule has 0 amide bonds. The maximum Gasteiger partial charge on any atom is 0.140 e. The highest BCUT2D eigenvalue weighted by atomic mass is 35.5. The van der Waals surface area contributed by atoms with Crippen molar-refractivity contribution in [1.29, 1.82) is 0 Å². The van der Waals surface area contributed by atoms with Gasteiger partial charge in [0, 0.05) is 5.03 Å². The number of carbonyl (C=O) groups excluding carboxylic acids is 2. The van der Waals surface area contributed by atoms with Crippen molar-refractivity contribution in [2.24, 2.45) is 5.92 Å². The molecule has 0 atom stereocenters. The summed E-state index contributed by atoms with van der Waals surface area (Å²) in [6.07, 6.45) is 0.256. The molecule has 0 aliphatic rings. The van der Waals surface area contributed by atoms with E-state index in [0.717, 1.165) is 0 Å². The fourth-order valence-electron chi connectivity index (χ4n) is 0.795. The van der Waals surface area contributed by atoms with E-state index in [9.17, 15) is 9.59 Å². The summed E-state index contributed by atoms with van der Waals surface area (Å²) in [4.78, 5) is 21.6. The molecule has 11 heavy (non-hydrogen) atoms. The number of rotatable bonds is 4. The molecule has 0 aromatic heterocycles. The Morgan fingerprint density at radius 1 is 1.36 bits per heavy atom. The highest BCUT2D eigenvalue weighted by Gasteiger charge is 2.19. The molecule has 3 heteroatoms. The second-order valence-electron chi connectivity index (χ2n) is 2.50. The lowest BCUT2D eigenvalue weighted by Gasteiger charge is -2.07.